The van der Waals surface area contributed by atoms with Crippen molar-refractivity contribution in [2.24, 2.45) is 0 Å². The summed E-state index contributed by atoms with van der Waals surface area (Å²) in [6.45, 7) is 3.69. The molecule has 5 rings (SSSR count). The van der Waals surface area contributed by atoms with Crippen molar-refractivity contribution in [3.63, 3.8) is 0 Å². The molecule has 0 spiro atoms. The number of methoxy groups -OCH3 is 1. The number of aromatic nitrogens is 1. The number of hydrogen-bond donors (Lipinski definition) is 1. The molecule has 1 amide bonds. The molecule has 5 aromatic rings. The lowest BCUT2D eigenvalue weighted by atomic mass is 10.1. The van der Waals surface area contributed by atoms with Crippen LogP contribution >= 0.6 is 11.3 Å². The molecule has 0 aliphatic rings. The van der Waals surface area contributed by atoms with E-state index in [-0.39, 0.29) is 5.91 Å². The summed E-state index contributed by atoms with van der Waals surface area (Å²) >= 11 is 1.64. The van der Waals surface area contributed by atoms with E-state index in [9.17, 15) is 4.79 Å². The van der Waals surface area contributed by atoms with Gasteiger partial charge in [-0.3, -0.25) is 4.79 Å². The van der Waals surface area contributed by atoms with Gasteiger partial charge in [-0.2, -0.15) is 0 Å². The van der Waals surface area contributed by atoms with E-state index in [0.717, 1.165) is 27.6 Å². The quantitative estimate of drug-likeness (QED) is 0.219. The first-order chi connectivity index (χ1) is 18.1. The van der Waals surface area contributed by atoms with Crippen molar-refractivity contribution >= 4 is 38.8 Å². The van der Waals surface area contributed by atoms with E-state index < -0.39 is 0 Å². The molecule has 0 bridgehead atoms. The Labute approximate surface area is 221 Å². The van der Waals surface area contributed by atoms with Gasteiger partial charge in [0.05, 0.1) is 24.5 Å². The Morgan fingerprint density at radius 3 is 2.49 bits per heavy atom. The van der Waals surface area contributed by atoms with Crippen LogP contribution in [0.3, 0.4) is 0 Å². The number of nitrogens with one attached hydrogen (secondary N) is 1. The van der Waals surface area contributed by atoms with Gasteiger partial charge in [0.15, 0.2) is 5.13 Å². The summed E-state index contributed by atoms with van der Waals surface area (Å²) in [5, 5.41) is 8.27. The molecular formula is C31H29N3O2S. The minimum Gasteiger partial charge on any atom is -0.383 e. The van der Waals surface area contributed by atoms with Crippen molar-refractivity contribution in [2.45, 2.75) is 13.5 Å². The average molecular weight is 508 g/mol. The van der Waals surface area contributed by atoms with Crippen LogP contribution in [-0.2, 0) is 11.3 Å². The second-order valence-corrected chi connectivity index (χ2v) is 9.75. The van der Waals surface area contributed by atoms with Crippen LogP contribution in [0.2, 0.25) is 0 Å². The van der Waals surface area contributed by atoms with Crippen LogP contribution in [0, 0.1) is 6.92 Å². The number of amides is 1. The predicted molar refractivity (Wildman–Crippen MR) is 153 cm³/mol. The van der Waals surface area contributed by atoms with Crippen LogP contribution in [0.1, 0.15) is 21.5 Å². The molecule has 1 aromatic heterocycles. The van der Waals surface area contributed by atoms with Crippen LogP contribution in [-0.4, -0.2) is 31.2 Å². The SMILES string of the molecule is COCCNC(=O)c1ccc(CN(c2nc(-c3ccc(C)cc3)cs2)c2cccc3ccccc23)cc1. The van der Waals surface area contributed by atoms with Crippen molar-refractivity contribution < 1.29 is 9.53 Å². The number of ether oxygens (including phenoxy) is 1. The van der Waals surface area contributed by atoms with Crippen molar-refractivity contribution in [2.75, 3.05) is 25.2 Å². The fraction of sp³-hybridized carbons (Fsp3) is 0.161. The number of carbonyl (C=O) groups excluding carboxylic acids is 1. The number of carbonyl (C=O) groups is 1. The highest BCUT2D eigenvalue weighted by molar-refractivity contribution is 7.14. The summed E-state index contributed by atoms with van der Waals surface area (Å²) in [6.07, 6.45) is 0. The number of anilines is 2. The second-order valence-electron chi connectivity index (χ2n) is 8.91. The van der Waals surface area contributed by atoms with Gasteiger partial charge >= 0.3 is 0 Å². The molecule has 1 heterocycles. The lowest BCUT2D eigenvalue weighted by molar-refractivity contribution is 0.0937. The topological polar surface area (TPSA) is 54.5 Å². The summed E-state index contributed by atoms with van der Waals surface area (Å²) in [5.41, 5.74) is 6.13. The zero-order valence-electron chi connectivity index (χ0n) is 21.0. The maximum absolute atomic E-state index is 12.4. The first kappa shape index (κ1) is 24.7. The van der Waals surface area contributed by atoms with Crippen molar-refractivity contribution in [3.05, 3.63) is 113 Å². The molecule has 0 saturated heterocycles. The lowest BCUT2D eigenvalue weighted by Crippen LogP contribution is -2.26. The third kappa shape index (κ3) is 5.71. The highest BCUT2D eigenvalue weighted by Gasteiger charge is 2.18. The van der Waals surface area contributed by atoms with Gasteiger partial charge in [0, 0.05) is 35.5 Å². The van der Waals surface area contributed by atoms with Gasteiger partial charge in [-0.25, -0.2) is 4.98 Å². The summed E-state index contributed by atoms with van der Waals surface area (Å²) in [4.78, 5) is 19.7. The summed E-state index contributed by atoms with van der Waals surface area (Å²) in [5.74, 6) is -0.0998. The fourth-order valence-corrected chi connectivity index (χ4v) is 5.10. The third-order valence-corrected chi connectivity index (χ3v) is 7.14. The van der Waals surface area contributed by atoms with Gasteiger partial charge in [-0.1, -0.05) is 78.4 Å². The number of nitrogens with zero attached hydrogens (tertiary/aromatic N) is 2. The monoisotopic (exact) mass is 507 g/mol. The first-order valence-corrected chi connectivity index (χ1v) is 13.1. The molecule has 1 N–H and O–H groups in total. The molecule has 0 aliphatic carbocycles. The van der Waals surface area contributed by atoms with Gasteiger partial charge in [-0.15, -0.1) is 11.3 Å². The molecule has 0 radical (unpaired) electrons. The Hall–Kier alpha value is -4.00. The van der Waals surface area contributed by atoms with E-state index in [4.69, 9.17) is 9.72 Å². The number of hydrogen-bond acceptors (Lipinski definition) is 5. The summed E-state index contributed by atoms with van der Waals surface area (Å²) in [6, 6.07) is 31.0. The number of fused-ring (bicyclic) bond motifs is 1. The third-order valence-electron chi connectivity index (χ3n) is 6.28. The average Bonchev–Trinajstić information content (AvgIpc) is 3.42. The Morgan fingerprint density at radius 1 is 0.946 bits per heavy atom. The zero-order chi connectivity index (χ0) is 25.6. The summed E-state index contributed by atoms with van der Waals surface area (Å²) in [7, 11) is 1.62. The van der Waals surface area contributed by atoms with E-state index in [1.165, 1.54) is 16.3 Å². The zero-order valence-corrected chi connectivity index (χ0v) is 21.8. The van der Waals surface area contributed by atoms with Crippen molar-refractivity contribution in [1.29, 1.82) is 0 Å². The van der Waals surface area contributed by atoms with E-state index in [2.05, 4.69) is 89.3 Å². The Bertz CT molecular complexity index is 1490. The number of aryl methyl sites for hydroxylation is 1. The minimum atomic E-state index is -0.0998. The van der Waals surface area contributed by atoms with E-state index in [0.29, 0.717) is 25.3 Å². The number of rotatable bonds is 9. The van der Waals surface area contributed by atoms with Crippen LogP contribution in [0.25, 0.3) is 22.0 Å². The smallest absolute Gasteiger partial charge is 0.251 e. The first-order valence-electron chi connectivity index (χ1n) is 12.3. The normalized spacial score (nSPS) is 11.0. The largest absolute Gasteiger partial charge is 0.383 e. The number of thiazole rings is 1. The van der Waals surface area contributed by atoms with Crippen molar-refractivity contribution in [1.82, 2.24) is 10.3 Å². The lowest BCUT2D eigenvalue weighted by Gasteiger charge is -2.24. The van der Waals surface area contributed by atoms with Gasteiger partial charge in [0.1, 0.15) is 0 Å². The molecule has 6 heteroatoms. The molecule has 0 saturated carbocycles. The molecule has 0 atom stereocenters. The van der Waals surface area contributed by atoms with Crippen LogP contribution in [0.15, 0.2) is 96.4 Å². The maximum Gasteiger partial charge on any atom is 0.251 e. The molecule has 0 unspecified atom stereocenters. The second kappa shape index (κ2) is 11.4. The van der Waals surface area contributed by atoms with Crippen LogP contribution in [0.4, 0.5) is 10.8 Å². The standard InChI is InChI=1S/C31H29N3O2S/c1-22-10-14-25(15-11-22)28-21-37-31(33-28)34(29-9-5-7-24-6-3-4-8-27(24)29)20-23-12-16-26(17-13-23)30(35)32-18-19-36-2/h3-17,21H,18-20H2,1-2H3,(H,32,35). The fourth-order valence-electron chi connectivity index (χ4n) is 4.26. The highest BCUT2D eigenvalue weighted by atomic mass is 32.1. The number of benzene rings is 4. The predicted octanol–water partition coefficient (Wildman–Crippen LogP) is 6.99. The molecule has 5 nitrogen and oxygen atoms in total. The maximum atomic E-state index is 12.4. The Morgan fingerprint density at radius 2 is 1.70 bits per heavy atom. The van der Waals surface area contributed by atoms with Crippen LogP contribution < -0.4 is 10.2 Å². The highest BCUT2D eigenvalue weighted by Crippen LogP contribution is 2.37. The van der Waals surface area contributed by atoms with Crippen LogP contribution in [0.5, 0.6) is 0 Å². The Balaban J connectivity index is 1.48. The van der Waals surface area contributed by atoms with Crippen molar-refractivity contribution in [3.8, 4) is 11.3 Å². The summed E-state index contributed by atoms with van der Waals surface area (Å²) < 4.78 is 5.02. The minimum absolute atomic E-state index is 0.0998. The van der Waals surface area contributed by atoms with Gasteiger partial charge < -0.3 is 15.0 Å². The van der Waals surface area contributed by atoms with Gasteiger partial charge in [-0.05, 0) is 36.1 Å². The van der Waals surface area contributed by atoms with E-state index in [1.807, 2.05) is 24.3 Å². The molecular weight excluding hydrogens is 478 g/mol. The van der Waals surface area contributed by atoms with Gasteiger partial charge in [0.25, 0.3) is 5.91 Å². The van der Waals surface area contributed by atoms with Gasteiger partial charge in [0.2, 0.25) is 0 Å². The molecule has 186 valence electrons. The van der Waals surface area contributed by atoms with E-state index in [1.54, 1.807) is 18.4 Å². The molecule has 0 aliphatic heterocycles. The molecule has 0 fully saturated rings. The van der Waals surface area contributed by atoms with E-state index >= 15 is 0 Å². The molecule has 37 heavy (non-hydrogen) atoms. The Kier molecular flexibility index (Phi) is 7.59. The molecule has 4 aromatic carbocycles.